The normalized spacial score (nSPS) is 16.4. The van der Waals surface area contributed by atoms with Crippen molar-refractivity contribution in [3.8, 4) is 10.6 Å². The molecule has 0 bridgehead atoms. The van der Waals surface area contributed by atoms with Gasteiger partial charge in [0, 0.05) is 36.6 Å². The van der Waals surface area contributed by atoms with Gasteiger partial charge in [0.2, 0.25) is 11.9 Å². The molecule has 1 amide bonds. The molecular formula is C20H25N7OS. The van der Waals surface area contributed by atoms with Crippen molar-refractivity contribution in [2.24, 2.45) is 0 Å². The van der Waals surface area contributed by atoms with Gasteiger partial charge >= 0.3 is 0 Å². The summed E-state index contributed by atoms with van der Waals surface area (Å²) in [7, 11) is 0. The molecule has 4 rings (SSSR count). The van der Waals surface area contributed by atoms with E-state index in [1.54, 1.807) is 17.5 Å². The first-order valence-electron chi connectivity index (χ1n) is 9.73. The predicted octanol–water partition coefficient (Wildman–Crippen LogP) is 2.49. The highest BCUT2D eigenvalue weighted by atomic mass is 32.1. The lowest BCUT2D eigenvalue weighted by atomic mass is 10.1. The zero-order valence-corrected chi connectivity index (χ0v) is 17.9. The van der Waals surface area contributed by atoms with Crippen LogP contribution in [0, 0.1) is 27.7 Å². The van der Waals surface area contributed by atoms with E-state index in [9.17, 15) is 4.79 Å². The van der Waals surface area contributed by atoms with Crippen molar-refractivity contribution < 1.29 is 4.79 Å². The van der Waals surface area contributed by atoms with Gasteiger partial charge in [-0.2, -0.15) is 5.10 Å². The second-order valence-electron chi connectivity index (χ2n) is 7.48. The van der Waals surface area contributed by atoms with Crippen molar-refractivity contribution in [2.45, 2.75) is 46.6 Å². The number of rotatable bonds is 5. The molecule has 1 unspecified atom stereocenters. The second-order valence-corrected chi connectivity index (χ2v) is 8.68. The smallest absolute Gasteiger partial charge is 0.225 e. The van der Waals surface area contributed by atoms with Crippen LogP contribution in [0.15, 0.2) is 12.3 Å². The molecule has 0 spiro atoms. The van der Waals surface area contributed by atoms with Gasteiger partial charge in [-0.3, -0.25) is 9.89 Å². The summed E-state index contributed by atoms with van der Waals surface area (Å²) in [6.07, 6.45) is 3.02. The van der Waals surface area contributed by atoms with Crippen molar-refractivity contribution in [1.82, 2.24) is 30.5 Å². The maximum atomic E-state index is 12.5. The summed E-state index contributed by atoms with van der Waals surface area (Å²) >= 11 is 1.65. The summed E-state index contributed by atoms with van der Waals surface area (Å²) in [5.74, 6) is 0.723. The average molecular weight is 412 g/mol. The van der Waals surface area contributed by atoms with Crippen molar-refractivity contribution in [3.05, 3.63) is 39.9 Å². The number of nitrogens with one attached hydrogen (secondary N) is 2. The van der Waals surface area contributed by atoms with E-state index in [-0.39, 0.29) is 11.9 Å². The van der Waals surface area contributed by atoms with E-state index in [0.717, 1.165) is 51.2 Å². The van der Waals surface area contributed by atoms with Crippen molar-refractivity contribution in [2.75, 3.05) is 18.0 Å². The molecule has 1 aliphatic heterocycles. The Balaban J connectivity index is 1.40. The Morgan fingerprint density at radius 1 is 1.28 bits per heavy atom. The molecule has 9 heteroatoms. The van der Waals surface area contributed by atoms with Crippen molar-refractivity contribution in [1.29, 1.82) is 0 Å². The molecule has 2 N–H and O–H groups in total. The highest BCUT2D eigenvalue weighted by Crippen LogP contribution is 2.29. The van der Waals surface area contributed by atoms with Crippen LogP contribution >= 0.6 is 11.3 Å². The molecule has 8 nitrogen and oxygen atoms in total. The monoisotopic (exact) mass is 411 g/mol. The summed E-state index contributed by atoms with van der Waals surface area (Å²) in [4.78, 5) is 29.4. The molecule has 0 saturated carbocycles. The van der Waals surface area contributed by atoms with Crippen LogP contribution in [0.4, 0.5) is 5.95 Å². The van der Waals surface area contributed by atoms with Crippen LogP contribution in [0.25, 0.3) is 10.6 Å². The van der Waals surface area contributed by atoms with E-state index in [0.29, 0.717) is 18.9 Å². The van der Waals surface area contributed by atoms with E-state index < -0.39 is 0 Å². The largest absolute Gasteiger partial charge is 0.351 e. The molecule has 0 aromatic carbocycles. The Labute approximate surface area is 173 Å². The number of carbonyl (C=O) groups excluding carboxylic acids is 1. The molecule has 3 aromatic heterocycles. The number of aromatic nitrogens is 5. The molecular weight excluding hydrogens is 386 g/mol. The number of anilines is 1. The Morgan fingerprint density at radius 2 is 2.10 bits per heavy atom. The zero-order valence-electron chi connectivity index (χ0n) is 17.1. The topological polar surface area (TPSA) is 99.7 Å². The zero-order chi connectivity index (χ0) is 20.5. The Kier molecular flexibility index (Phi) is 5.31. The van der Waals surface area contributed by atoms with Crippen LogP contribution in [0.3, 0.4) is 0 Å². The fourth-order valence-electron chi connectivity index (χ4n) is 3.73. The van der Waals surface area contributed by atoms with E-state index in [2.05, 4.69) is 30.4 Å². The number of amides is 1. The summed E-state index contributed by atoms with van der Waals surface area (Å²) in [6.45, 7) is 9.39. The molecule has 29 heavy (non-hydrogen) atoms. The highest BCUT2D eigenvalue weighted by Gasteiger charge is 2.26. The van der Waals surface area contributed by atoms with Crippen LogP contribution in [0.5, 0.6) is 0 Å². The fraction of sp³-hybridized carbons (Fsp3) is 0.450. The number of aromatic amines is 1. The number of hydrogen-bond acceptors (Lipinski definition) is 7. The molecule has 1 aliphatic rings. The van der Waals surface area contributed by atoms with E-state index in [1.165, 1.54) is 0 Å². The molecule has 0 radical (unpaired) electrons. The van der Waals surface area contributed by atoms with Crippen LogP contribution in [-0.2, 0) is 11.2 Å². The van der Waals surface area contributed by atoms with Gasteiger partial charge in [-0.05, 0) is 40.2 Å². The Hall–Kier alpha value is -2.81. The quantitative estimate of drug-likeness (QED) is 0.669. The lowest BCUT2D eigenvalue weighted by Crippen LogP contribution is -2.38. The minimum atomic E-state index is 0.0230. The highest BCUT2D eigenvalue weighted by molar-refractivity contribution is 7.15. The number of H-pyrrole nitrogens is 1. The first-order valence-corrected chi connectivity index (χ1v) is 10.5. The molecule has 152 valence electrons. The van der Waals surface area contributed by atoms with Gasteiger partial charge in [0.25, 0.3) is 0 Å². The van der Waals surface area contributed by atoms with E-state index in [1.807, 2.05) is 33.8 Å². The Morgan fingerprint density at radius 3 is 2.79 bits per heavy atom. The Bertz CT molecular complexity index is 1020. The van der Waals surface area contributed by atoms with Crippen LogP contribution in [0.2, 0.25) is 0 Å². The lowest BCUT2D eigenvalue weighted by Gasteiger charge is -2.17. The standard InChI is InChI=1S/C20H25N7OS/c1-11-16(12(2)26-25-11)9-18(28)23-15-6-8-27(10-15)20-21-7-5-17(24-20)19-13(3)22-14(4)29-19/h5,7,15H,6,8-10H2,1-4H3,(H,23,28)(H,25,26). The van der Waals surface area contributed by atoms with Gasteiger partial charge in [0.05, 0.1) is 33.4 Å². The predicted molar refractivity (Wildman–Crippen MR) is 113 cm³/mol. The van der Waals surface area contributed by atoms with Gasteiger partial charge in [0.15, 0.2) is 0 Å². The summed E-state index contributed by atoms with van der Waals surface area (Å²) < 4.78 is 0. The lowest BCUT2D eigenvalue weighted by molar-refractivity contribution is -0.121. The number of nitrogens with zero attached hydrogens (tertiary/aromatic N) is 5. The third-order valence-electron chi connectivity index (χ3n) is 5.23. The van der Waals surface area contributed by atoms with Gasteiger partial charge in [-0.15, -0.1) is 11.3 Å². The van der Waals surface area contributed by atoms with Crippen LogP contribution < -0.4 is 10.2 Å². The molecule has 3 aromatic rings. The maximum absolute atomic E-state index is 12.5. The summed E-state index contributed by atoms with van der Waals surface area (Å²) in [5, 5.41) is 11.3. The molecule has 1 atom stereocenters. The third kappa shape index (κ3) is 4.14. The van der Waals surface area contributed by atoms with Crippen molar-refractivity contribution in [3.63, 3.8) is 0 Å². The molecule has 1 saturated heterocycles. The first kappa shape index (κ1) is 19.5. The average Bonchev–Trinajstić information content (AvgIpc) is 3.37. The van der Waals surface area contributed by atoms with Crippen LogP contribution in [0.1, 0.15) is 34.1 Å². The number of carbonyl (C=O) groups is 1. The second kappa shape index (κ2) is 7.90. The van der Waals surface area contributed by atoms with Gasteiger partial charge in [-0.1, -0.05) is 0 Å². The molecule has 4 heterocycles. The fourth-order valence-corrected chi connectivity index (χ4v) is 4.62. The van der Waals surface area contributed by atoms with Gasteiger partial charge in [0.1, 0.15) is 0 Å². The summed E-state index contributed by atoms with van der Waals surface area (Å²) in [5.41, 5.74) is 4.70. The van der Waals surface area contributed by atoms with Gasteiger partial charge < -0.3 is 10.2 Å². The number of hydrogen-bond donors (Lipinski definition) is 2. The molecule has 1 fully saturated rings. The maximum Gasteiger partial charge on any atom is 0.225 e. The molecule has 0 aliphatic carbocycles. The number of thiazole rings is 1. The SMILES string of the molecule is Cc1nc(C)c(-c2ccnc(N3CCC(NC(=O)Cc4c(C)n[nH]c4C)C3)n2)s1. The van der Waals surface area contributed by atoms with Crippen LogP contribution in [-0.4, -0.2) is 50.2 Å². The van der Waals surface area contributed by atoms with Gasteiger partial charge in [-0.25, -0.2) is 15.0 Å². The van der Waals surface area contributed by atoms with Crippen molar-refractivity contribution >= 4 is 23.2 Å². The number of aryl methyl sites for hydroxylation is 4. The third-order valence-corrected chi connectivity index (χ3v) is 6.33. The van der Waals surface area contributed by atoms with E-state index >= 15 is 0 Å². The van der Waals surface area contributed by atoms with E-state index in [4.69, 9.17) is 4.98 Å². The first-order chi connectivity index (χ1) is 13.9. The minimum Gasteiger partial charge on any atom is -0.351 e. The summed E-state index contributed by atoms with van der Waals surface area (Å²) in [6, 6.07) is 2.02. The minimum absolute atomic E-state index is 0.0230.